The van der Waals surface area contributed by atoms with Crippen molar-refractivity contribution in [3.05, 3.63) is 0 Å². The van der Waals surface area contributed by atoms with Crippen molar-refractivity contribution in [2.24, 2.45) is 22.5 Å². The van der Waals surface area contributed by atoms with E-state index in [0.29, 0.717) is 5.41 Å². The second-order valence-electron chi connectivity index (χ2n) is 7.97. The zero-order valence-electron chi connectivity index (χ0n) is 13.1. The van der Waals surface area contributed by atoms with Gasteiger partial charge in [-0.2, -0.15) is 0 Å². The van der Waals surface area contributed by atoms with Gasteiger partial charge in [0.1, 0.15) is 0 Å². The van der Waals surface area contributed by atoms with Crippen molar-refractivity contribution < 1.29 is 5.11 Å². The van der Waals surface area contributed by atoms with Crippen LogP contribution in [0.15, 0.2) is 0 Å². The first-order valence-electron chi connectivity index (χ1n) is 7.52. The van der Waals surface area contributed by atoms with Crippen molar-refractivity contribution in [2.45, 2.75) is 78.7 Å². The number of aliphatic hydroxyl groups is 1. The number of hydrogen-bond donors (Lipinski definition) is 2. The smallest absolute Gasteiger partial charge is 0.0437 e. The highest BCUT2D eigenvalue weighted by atomic mass is 16.3. The molecule has 2 atom stereocenters. The molecule has 1 saturated carbocycles. The van der Waals surface area contributed by atoms with Crippen LogP contribution < -0.4 is 5.73 Å². The maximum absolute atomic E-state index is 9.41. The Morgan fingerprint density at radius 3 is 2.17 bits per heavy atom. The first kappa shape index (κ1) is 16.0. The summed E-state index contributed by atoms with van der Waals surface area (Å²) in [6, 6.07) is 0. The fraction of sp³-hybridized carbons (Fsp3) is 1.00. The molecule has 2 unspecified atom stereocenters. The molecule has 0 aromatic carbocycles. The van der Waals surface area contributed by atoms with Crippen molar-refractivity contribution in [2.75, 3.05) is 6.61 Å². The Bertz CT molecular complexity index is 261. The van der Waals surface area contributed by atoms with E-state index in [1.807, 2.05) is 0 Å². The van der Waals surface area contributed by atoms with Crippen LogP contribution in [-0.4, -0.2) is 17.3 Å². The van der Waals surface area contributed by atoms with E-state index in [9.17, 15) is 5.11 Å². The van der Waals surface area contributed by atoms with Crippen molar-refractivity contribution in [3.63, 3.8) is 0 Å². The Balaban J connectivity index is 2.85. The monoisotopic (exact) mass is 255 g/mol. The highest BCUT2D eigenvalue weighted by Gasteiger charge is 2.43. The summed E-state index contributed by atoms with van der Waals surface area (Å²) in [7, 11) is 0. The third-order valence-corrected chi connectivity index (χ3v) is 5.36. The van der Waals surface area contributed by atoms with E-state index >= 15 is 0 Å². The molecular formula is C16H33NO. The zero-order valence-corrected chi connectivity index (χ0v) is 13.1. The van der Waals surface area contributed by atoms with Gasteiger partial charge in [0.05, 0.1) is 0 Å². The topological polar surface area (TPSA) is 46.2 Å². The van der Waals surface area contributed by atoms with Crippen molar-refractivity contribution in [1.29, 1.82) is 0 Å². The van der Waals surface area contributed by atoms with E-state index in [1.165, 1.54) is 32.1 Å². The van der Waals surface area contributed by atoms with Gasteiger partial charge in [0.25, 0.3) is 0 Å². The van der Waals surface area contributed by atoms with Crippen molar-refractivity contribution >= 4 is 0 Å². The van der Waals surface area contributed by atoms with Gasteiger partial charge in [0.15, 0.2) is 0 Å². The summed E-state index contributed by atoms with van der Waals surface area (Å²) in [5, 5.41) is 9.41. The Morgan fingerprint density at radius 1 is 1.11 bits per heavy atom. The largest absolute Gasteiger partial charge is 0.396 e. The first-order valence-corrected chi connectivity index (χ1v) is 7.52. The van der Waals surface area contributed by atoms with Crippen LogP contribution in [-0.2, 0) is 0 Å². The molecule has 0 aromatic heterocycles. The Morgan fingerprint density at radius 2 is 1.72 bits per heavy atom. The van der Waals surface area contributed by atoms with Crippen LogP contribution in [0.3, 0.4) is 0 Å². The van der Waals surface area contributed by atoms with E-state index in [1.54, 1.807) is 0 Å². The van der Waals surface area contributed by atoms with Gasteiger partial charge in [-0.25, -0.2) is 0 Å². The molecule has 0 amide bonds. The van der Waals surface area contributed by atoms with Crippen LogP contribution in [0.4, 0.5) is 0 Å². The maximum Gasteiger partial charge on any atom is 0.0437 e. The van der Waals surface area contributed by atoms with Gasteiger partial charge in [0.2, 0.25) is 0 Å². The average molecular weight is 255 g/mol. The lowest BCUT2D eigenvalue weighted by atomic mass is 9.64. The molecule has 18 heavy (non-hydrogen) atoms. The van der Waals surface area contributed by atoms with Gasteiger partial charge in [-0.3, -0.25) is 0 Å². The van der Waals surface area contributed by atoms with Gasteiger partial charge >= 0.3 is 0 Å². The van der Waals surface area contributed by atoms with Crippen LogP contribution in [0, 0.1) is 16.7 Å². The standard InChI is InChI=1S/C16H33NO/c1-14(2,3)13-7-6-9-16(10-8-13,11-12-18)15(4,5)17/h13,18H,6-12,17H2,1-5H3. The molecule has 0 aliphatic heterocycles. The Hall–Kier alpha value is -0.0800. The van der Waals surface area contributed by atoms with Gasteiger partial charge < -0.3 is 10.8 Å². The third kappa shape index (κ3) is 3.48. The van der Waals surface area contributed by atoms with Gasteiger partial charge in [-0.1, -0.05) is 27.2 Å². The highest BCUT2D eigenvalue weighted by Crippen LogP contribution is 2.49. The summed E-state index contributed by atoms with van der Waals surface area (Å²) in [6.45, 7) is 11.6. The first-order chi connectivity index (χ1) is 8.12. The molecule has 1 rings (SSSR count). The van der Waals surface area contributed by atoms with Gasteiger partial charge in [0, 0.05) is 12.1 Å². The average Bonchev–Trinajstić information content (AvgIpc) is 2.39. The summed E-state index contributed by atoms with van der Waals surface area (Å²) in [5.41, 5.74) is 6.78. The molecule has 2 heteroatoms. The molecule has 1 aliphatic rings. The van der Waals surface area contributed by atoms with Crippen LogP contribution in [0.5, 0.6) is 0 Å². The lowest BCUT2D eigenvalue weighted by Crippen LogP contribution is -2.51. The molecule has 1 fully saturated rings. The predicted octanol–water partition coefficient (Wildman–Crippen LogP) is 3.72. The number of nitrogens with two attached hydrogens (primary N) is 1. The van der Waals surface area contributed by atoms with E-state index in [-0.39, 0.29) is 17.6 Å². The second-order valence-corrected chi connectivity index (χ2v) is 7.97. The minimum atomic E-state index is -0.192. The Kier molecular flexibility index (Phi) is 4.88. The Labute approximate surface area is 113 Å². The lowest BCUT2D eigenvalue weighted by Gasteiger charge is -2.44. The molecule has 0 bridgehead atoms. The molecule has 0 radical (unpaired) electrons. The maximum atomic E-state index is 9.41. The molecule has 3 N–H and O–H groups in total. The predicted molar refractivity (Wildman–Crippen MR) is 78.4 cm³/mol. The van der Waals surface area contributed by atoms with Crippen LogP contribution in [0.1, 0.15) is 73.1 Å². The SMILES string of the molecule is CC(C)(C)C1CCCC(CCO)(C(C)(C)N)CC1. The van der Waals surface area contributed by atoms with E-state index in [0.717, 1.165) is 12.3 Å². The van der Waals surface area contributed by atoms with Crippen LogP contribution in [0.2, 0.25) is 0 Å². The van der Waals surface area contributed by atoms with Gasteiger partial charge in [-0.05, 0) is 62.7 Å². The molecule has 0 spiro atoms. The molecule has 0 aromatic rings. The fourth-order valence-electron chi connectivity index (χ4n) is 3.70. The minimum Gasteiger partial charge on any atom is -0.396 e. The molecular weight excluding hydrogens is 222 g/mol. The minimum absolute atomic E-state index is 0.127. The summed E-state index contributed by atoms with van der Waals surface area (Å²) < 4.78 is 0. The molecule has 108 valence electrons. The lowest BCUT2D eigenvalue weighted by molar-refractivity contribution is 0.0768. The highest BCUT2D eigenvalue weighted by molar-refractivity contribution is 4.98. The van der Waals surface area contributed by atoms with Gasteiger partial charge in [-0.15, -0.1) is 0 Å². The third-order valence-electron chi connectivity index (χ3n) is 5.36. The van der Waals surface area contributed by atoms with E-state index in [4.69, 9.17) is 5.73 Å². The molecule has 2 nitrogen and oxygen atoms in total. The molecule has 0 saturated heterocycles. The second kappa shape index (κ2) is 5.50. The van der Waals surface area contributed by atoms with Crippen molar-refractivity contribution in [3.8, 4) is 0 Å². The molecule has 0 heterocycles. The van der Waals surface area contributed by atoms with Crippen LogP contribution >= 0.6 is 0 Å². The van der Waals surface area contributed by atoms with E-state index in [2.05, 4.69) is 34.6 Å². The van der Waals surface area contributed by atoms with Crippen LogP contribution in [0.25, 0.3) is 0 Å². The number of aliphatic hydroxyl groups excluding tert-OH is 1. The summed E-state index contributed by atoms with van der Waals surface area (Å²) >= 11 is 0. The molecule has 1 aliphatic carbocycles. The summed E-state index contributed by atoms with van der Waals surface area (Å²) in [4.78, 5) is 0. The summed E-state index contributed by atoms with van der Waals surface area (Å²) in [5.74, 6) is 0.792. The quantitative estimate of drug-likeness (QED) is 0.755. The number of hydrogen-bond acceptors (Lipinski definition) is 2. The van der Waals surface area contributed by atoms with Crippen molar-refractivity contribution in [1.82, 2.24) is 0 Å². The fourth-order valence-corrected chi connectivity index (χ4v) is 3.70. The zero-order chi connectivity index (χ0) is 14.0. The van der Waals surface area contributed by atoms with E-state index < -0.39 is 0 Å². The summed E-state index contributed by atoms with van der Waals surface area (Å²) in [6.07, 6.45) is 7.01. The number of rotatable bonds is 3. The normalized spacial score (nSPS) is 31.2.